The second-order valence-electron chi connectivity index (χ2n) is 8.63. The van der Waals surface area contributed by atoms with Gasteiger partial charge in [-0.15, -0.1) is 0 Å². The molecule has 0 bridgehead atoms. The molecule has 0 radical (unpaired) electrons. The van der Waals surface area contributed by atoms with Crippen LogP contribution in [0.25, 0.3) is 0 Å². The Hall–Kier alpha value is -2.70. The first-order valence-electron chi connectivity index (χ1n) is 10.9. The summed E-state index contributed by atoms with van der Waals surface area (Å²) in [5.41, 5.74) is 3.21. The summed E-state index contributed by atoms with van der Waals surface area (Å²) < 4.78 is 5.30. The van der Waals surface area contributed by atoms with E-state index in [0.717, 1.165) is 37.0 Å². The first kappa shape index (κ1) is 20.6. The van der Waals surface area contributed by atoms with Crippen molar-refractivity contribution >= 4 is 29.4 Å². The molecule has 1 aliphatic heterocycles. The molecule has 160 valence electrons. The minimum Gasteiger partial charge on any atom is -0.451 e. The van der Waals surface area contributed by atoms with Gasteiger partial charge in [-0.25, -0.2) is 4.79 Å². The predicted octanol–water partition coefficient (Wildman–Crippen LogP) is 2.61. The fraction of sp³-hybridized carbons (Fsp3) is 0.565. The van der Waals surface area contributed by atoms with Crippen molar-refractivity contribution in [2.45, 2.75) is 70.9 Å². The van der Waals surface area contributed by atoms with E-state index in [1.807, 2.05) is 18.2 Å². The van der Waals surface area contributed by atoms with Crippen molar-refractivity contribution < 1.29 is 23.9 Å². The highest BCUT2D eigenvalue weighted by Crippen LogP contribution is 2.39. The lowest BCUT2D eigenvalue weighted by molar-refractivity contribution is -0.163. The molecule has 7 heteroatoms. The summed E-state index contributed by atoms with van der Waals surface area (Å²) in [4.78, 5) is 51.5. The minimum absolute atomic E-state index is 0.288. The molecular weight excluding hydrogens is 384 g/mol. The number of hydrogen-bond acceptors (Lipinski definition) is 5. The third kappa shape index (κ3) is 3.73. The van der Waals surface area contributed by atoms with Crippen molar-refractivity contribution in [3.63, 3.8) is 0 Å². The first-order chi connectivity index (χ1) is 14.4. The molecule has 1 aromatic carbocycles. The number of ether oxygens (including phenoxy) is 1. The van der Waals surface area contributed by atoms with Crippen molar-refractivity contribution in [1.29, 1.82) is 0 Å². The predicted molar refractivity (Wildman–Crippen MR) is 109 cm³/mol. The second kappa shape index (κ2) is 8.20. The molecule has 2 aliphatic carbocycles. The van der Waals surface area contributed by atoms with Gasteiger partial charge >= 0.3 is 5.97 Å². The number of anilines is 1. The number of hydrogen-bond donors (Lipinski definition) is 1. The molecular formula is C23H28N2O5. The normalized spacial score (nSPS) is 24.8. The number of esters is 1. The molecule has 3 amide bonds. The molecule has 4 rings (SSSR count). The molecule has 1 heterocycles. The average Bonchev–Trinajstić information content (AvgIpc) is 3.30. The van der Waals surface area contributed by atoms with Gasteiger partial charge in [0, 0.05) is 5.69 Å². The fourth-order valence-electron chi connectivity index (χ4n) is 4.89. The van der Waals surface area contributed by atoms with Gasteiger partial charge in [0.05, 0.1) is 11.8 Å². The van der Waals surface area contributed by atoms with Crippen molar-refractivity contribution in [1.82, 2.24) is 4.90 Å². The van der Waals surface area contributed by atoms with Crippen LogP contribution in [-0.2, 0) is 36.8 Å². The minimum atomic E-state index is -1.04. The van der Waals surface area contributed by atoms with Crippen LogP contribution in [0.15, 0.2) is 18.2 Å². The van der Waals surface area contributed by atoms with Crippen molar-refractivity contribution in [3.05, 3.63) is 29.3 Å². The summed E-state index contributed by atoms with van der Waals surface area (Å²) >= 11 is 0. The van der Waals surface area contributed by atoms with Crippen LogP contribution in [-0.4, -0.2) is 40.7 Å². The number of rotatable bonds is 5. The van der Waals surface area contributed by atoms with Crippen LogP contribution in [0.3, 0.4) is 0 Å². The van der Waals surface area contributed by atoms with Crippen LogP contribution in [0, 0.1) is 11.8 Å². The standard InChI is InChI=1S/C23H28N2O5/c1-13(25-21(27)18-8-3-4-9-19(18)22(25)28)23(29)30-14(2)20(26)24-17-11-10-15-6-5-7-16(15)12-17/h10-14,18-19H,3-9H2,1-2H3,(H,24,26)/t13-,14-,18-,19+/m0/s1. The molecule has 0 spiro atoms. The molecule has 2 fully saturated rings. The molecule has 4 atom stereocenters. The summed E-state index contributed by atoms with van der Waals surface area (Å²) in [6.07, 6.45) is 5.36. The zero-order valence-electron chi connectivity index (χ0n) is 17.5. The zero-order chi connectivity index (χ0) is 21.4. The maximum absolute atomic E-state index is 12.7. The molecule has 30 heavy (non-hydrogen) atoms. The van der Waals surface area contributed by atoms with Gasteiger partial charge in [0.2, 0.25) is 11.8 Å². The highest BCUT2D eigenvalue weighted by atomic mass is 16.5. The quantitative estimate of drug-likeness (QED) is 0.593. The van der Waals surface area contributed by atoms with E-state index in [1.54, 1.807) is 0 Å². The summed E-state index contributed by atoms with van der Waals surface area (Å²) in [5.74, 6) is -2.40. The third-order valence-corrected chi connectivity index (χ3v) is 6.63. The monoisotopic (exact) mass is 412 g/mol. The Morgan fingerprint density at radius 2 is 1.63 bits per heavy atom. The van der Waals surface area contributed by atoms with Gasteiger partial charge in [0.1, 0.15) is 6.04 Å². The number of benzene rings is 1. The molecule has 0 aromatic heterocycles. The van der Waals surface area contributed by atoms with Crippen LogP contribution in [0.2, 0.25) is 0 Å². The first-order valence-corrected chi connectivity index (χ1v) is 10.9. The van der Waals surface area contributed by atoms with E-state index >= 15 is 0 Å². The summed E-state index contributed by atoms with van der Waals surface area (Å²) in [6.45, 7) is 2.97. The number of nitrogens with zero attached hydrogens (tertiary/aromatic N) is 1. The highest BCUT2D eigenvalue weighted by molar-refractivity contribution is 6.08. The number of aryl methyl sites for hydroxylation is 2. The summed E-state index contributed by atoms with van der Waals surface area (Å²) in [5, 5.41) is 2.78. The Labute approximate surface area is 176 Å². The molecule has 1 N–H and O–H groups in total. The Morgan fingerprint density at radius 3 is 2.30 bits per heavy atom. The maximum atomic E-state index is 12.7. The van der Waals surface area contributed by atoms with E-state index in [1.165, 1.54) is 25.0 Å². The molecule has 7 nitrogen and oxygen atoms in total. The number of nitrogens with one attached hydrogen (secondary N) is 1. The van der Waals surface area contributed by atoms with Gasteiger partial charge in [0.15, 0.2) is 6.10 Å². The lowest BCUT2D eigenvalue weighted by Gasteiger charge is -2.23. The fourth-order valence-corrected chi connectivity index (χ4v) is 4.89. The van der Waals surface area contributed by atoms with E-state index in [0.29, 0.717) is 18.5 Å². The number of carbonyl (C=O) groups is 4. The van der Waals surface area contributed by atoms with Crippen LogP contribution < -0.4 is 5.32 Å². The second-order valence-corrected chi connectivity index (χ2v) is 8.63. The van der Waals surface area contributed by atoms with Crippen molar-refractivity contribution in [3.8, 4) is 0 Å². The topological polar surface area (TPSA) is 92.8 Å². The van der Waals surface area contributed by atoms with Gasteiger partial charge in [-0.3, -0.25) is 19.3 Å². The highest BCUT2D eigenvalue weighted by Gasteiger charge is 2.51. The average molecular weight is 412 g/mol. The number of imide groups is 1. The van der Waals surface area contributed by atoms with Crippen LogP contribution in [0.5, 0.6) is 0 Å². The number of likely N-dealkylation sites (tertiary alicyclic amines) is 1. The molecule has 1 aromatic rings. The smallest absolute Gasteiger partial charge is 0.329 e. The Bertz CT molecular complexity index is 872. The van der Waals surface area contributed by atoms with Crippen molar-refractivity contribution in [2.75, 3.05) is 5.32 Å². The summed E-state index contributed by atoms with van der Waals surface area (Å²) in [6, 6.07) is 4.79. The summed E-state index contributed by atoms with van der Waals surface area (Å²) in [7, 11) is 0. The lowest BCUT2D eigenvalue weighted by Crippen LogP contribution is -2.46. The van der Waals surface area contributed by atoms with E-state index in [4.69, 9.17) is 4.74 Å². The largest absolute Gasteiger partial charge is 0.451 e. The van der Waals surface area contributed by atoms with Crippen LogP contribution in [0.1, 0.15) is 57.1 Å². The van der Waals surface area contributed by atoms with Gasteiger partial charge in [0.25, 0.3) is 5.91 Å². The van der Waals surface area contributed by atoms with E-state index in [-0.39, 0.29) is 23.7 Å². The number of carbonyl (C=O) groups excluding carboxylic acids is 4. The molecule has 1 saturated carbocycles. The lowest BCUT2D eigenvalue weighted by atomic mass is 9.81. The molecule has 3 aliphatic rings. The molecule has 0 unspecified atom stereocenters. The van der Waals surface area contributed by atoms with Gasteiger partial charge in [-0.2, -0.15) is 0 Å². The number of amides is 3. The Kier molecular flexibility index (Phi) is 5.62. The Morgan fingerprint density at radius 1 is 1.00 bits per heavy atom. The van der Waals surface area contributed by atoms with Crippen LogP contribution in [0.4, 0.5) is 5.69 Å². The van der Waals surface area contributed by atoms with Gasteiger partial charge < -0.3 is 10.1 Å². The molecule has 1 saturated heterocycles. The van der Waals surface area contributed by atoms with Gasteiger partial charge in [-0.05, 0) is 69.2 Å². The SMILES string of the molecule is C[C@H](OC(=O)[C@H](C)N1C(=O)[C@H]2CCCC[C@H]2C1=O)C(=O)Nc1ccc2c(c1)CCC2. The zero-order valence-corrected chi connectivity index (χ0v) is 17.5. The van der Waals surface area contributed by atoms with Crippen LogP contribution >= 0.6 is 0 Å². The Balaban J connectivity index is 1.36. The third-order valence-electron chi connectivity index (χ3n) is 6.63. The van der Waals surface area contributed by atoms with E-state index in [9.17, 15) is 19.2 Å². The van der Waals surface area contributed by atoms with Gasteiger partial charge in [-0.1, -0.05) is 18.9 Å². The van der Waals surface area contributed by atoms with E-state index < -0.39 is 24.0 Å². The van der Waals surface area contributed by atoms with Crippen molar-refractivity contribution in [2.24, 2.45) is 11.8 Å². The van der Waals surface area contributed by atoms with E-state index in [2.05, 4.69) is 5.32 Å². The number of fused-ring (bicyclic) bond motifs is 2. The maximum Gasteiger partial charge on any atom is 0.329 e.